The Balaban J connectivity index is 1.72. The Labute approximate surface area is 128 Å². The summed E-state index contributed by atoms with van der Waals surface area (Å²) in [6, 6.07) is 19.9. The molecule has 0 fully saturated rings. The Morgan fingerprint density at radius 1 is 0.909 bits per heavy atom. The second-order valence-electron chi connectivity index (χ2n) is 5.30. The number of aryl methyl sites for hydroxylation is 1. The molecule has 4 rings (SSSR count). The van der Waals surface area contributed by atoms with Crippen molar-refractivity contribution >= 4 is 10.9 Å². The van der Waals surface area contributed by atoms with E-state index in [1.54, 1.807) is 6.20 Å². The molecule has 0 amide bonds. The molecule has 1 radical (unpaired) electrons. The Bertz CT molecular complexity index is 936. The molecule has 105 valence electrons. The van der Waals surface area contributed by atoms with Crippen molar-refractivity contribution in [3.63, 3.8) is 0 Å². The first-order chi connectivity index (χ1) is 10.8. The second kappa shape index (κ2) is 5.11. The largest absolute Gasteiger partial charge is 0.275 e. The number of rotatable bonds is 2. The van der Waals surface area contributed by atoms with Crippen molar-refractivity contribution in [1.82, 2.24) is 14.8 Å². The van der Waals surface area contributed by atoms with Crippen molar-refractivity contribution in [3.8, 4) is 22.3 Å². The van der Waals surface area contributed by atoms with Gasteiger partial charge in [-0.2, -0.15) is 5.10 Å². The van der Waals surface area contributed by atoms with Crippen LogP contribution in [0.2, 0.25) is 0 Å². The molecule has 4 aromatic rings. The Kier molecular flexibility index (Phi) is 2.97. The van der Waals surface area contributed by atoms with E-state index in [1.165, 1.54) is 16.7 Å². The van der Waals surface area contributed by atoms with Crippen molar-refractivity contribution in [2.75, 3.05) is 0 Å². The summed E-state index contributed by atoms with van der Waals surface area (Å²) in [6.45, 7) is 0. The lowest BCUT2D eigenvalue weighted by Gasteiger charge is -2.05. The molecule has 0 saturated heterocycles. The Morgan fingerprint density at radius 3 is 2.36 bits per heavy atom. The summed E-state index contributed by atoms with van der Waals surface area (Å²) in [6.07, 6.45) is 5.67. The van der Waals surface area contributed by atoms with Gasteiger partial charge in [0.2, 0.25) is 0 Å². The molecule has 0 bridgehead atoms. The summed E-state index contributed by atoms with van der Waals surface area (Å²) in [5.74, 6) is 0. The highest BCUT2D eigenvalue weighted by Crippen LogP contribution is 2.26. The van der Waals surface area contributed by atoms with E-state index in [0.29, 0.717) is 0 Å². The molecular formula is C19H14N3. The van der Waals surface area contributed by atoms with Crippen molar-refractivity contribution in [2.45, 2.75) is 0 Å². The van der Waals surface area contributed by atoms with Crippen LogP contribution in [0.15, 0.2) is 67.1 Å². The van der Waals surface area contributed by atoms with E-state index >= 15 is 0 Å². The molecule has 2 aromatic heterocycles. The van der Waals surface area contributed by atoms with Gasteiger partial charge in [-0.15, -0.1) is 0 Å². The third kappa shape index (κ3) is 2.27. The van der Waals surface area contributed by atoms with Crippen LogP contribution in [0.1, 0.15) is 0 Å². The van der Waals surface area contributed by atoms with Gasteiger partial charge < -0.3 is 0 Å². The maximum atomic E-state index is 4.33. The SMILES string of the molecule is Cn1cc(-c2ccc(-c3ccc4ncc[c]c4c3)cc2)cn1. The number of hydrogen-bond donors (Lipinski definition) is 0. The number of pyridine rings is 1. The van der Waals surface area contributed by atoms with Crippen molar-refractivity contribution < 1.29 is 0 Å². The molecule has 0 N–H and O–H groups in total. The van der Waals surface area contributed by atoms with Crippen LogP contribution in [0, 0.1) is 6.07 Å². The number of benzene rings is 2. The molecule has 2 heterocycles. The standard InChI is InChI=1S/C19H14N3/c1-22-13-18(12-21-22)15-6-4-14(5-7-15)16-8-9-19-17(11-16)3-2-10-20-19/h2,4-13H,1H3. The van der Waals surface area contributed by atoms with Gasteiger partial charge in [0.05, 0.1) is 11.7 Å². The second-order valence-corrected chi connectivity index (χ2v) is 5.30. The predicted molar refractivity (Wildman–Crippen MR) is 88.2 cm³/mol. The number of hydrogen-bond acceptors (Lipinski definition) is 2. The number of nitrogens with zero attached hydrogens (tertiary/aromatic N) is 3. The molecule has 0 atom stereocenters. The van der Waals surface area contributed by atoms with E-state index in [0.717, 1.165) is 16.5 Å². The maximum absolute atomic E-state index is 4.33. The van der Waals surface area contributed by atoms with E-state index in [-0.39, 0.29) is 0 Å². The van der Waals surface area contributed by atoms with Crippen LogP contribution in [-0.4, -0.2) is 14.8 Å². The van der Waals surface area contributed by atoms with E-state index < -0.39 is 0 Å². The number of aromatic nitrogens is 3. The minimum absolute atomic E-state index is 0.971. The topological polar surface area (TPSA) is 30.7 Å². The van der Waals surface area contributed by atoms with Gasteiger partial charge in [0.25, 0.3) is 0 Å². The van der Waals surface area contributed by atoms with Gasteiger partial charge in [0.15, 0.2) is 0 Å². The quantitative estimate of drug-likeness (QED) is 0.555. The molecule has 0 aliphatic carbocycles. The van der Waals surface area contributed by atoms with Crippen LogP contribution in [0.25, 0.3) is 33.2 Å². The smallest absolute Gasteiger partial charge is 0.0708 e. The van der Waals surface area contributed by atoms with Gasteiger partial charge in [-0.3, -0.25) is 9.67 Å². The van der Waals surface area contributed by atoms with Crippen LogP contribution in [0.4, 0.5) is 0 Å². The highest BCUT2D eigenvalue weighted by molar-refractivity contribution is 5.84. The van der Waals surface area contributed by atoms with E-state index in [2.05, 4.69) is 52.5 Å². The van der Waals surface area contributed by atoms with Crippen LogP contribution >= 0.6 is 0 Å². The summed E-state index contributed by atoms with van der Waals surface area (Å²) in [7, 11) is 1.93. The molecule has 3 heteroatoms. The zero-order valence-corrected chi connectivity index (χ0v) is 12.2. The predicted octanol–water partition coefficient (Wildman–Crippen LogP) is 4.10. The number of fused-ring (bicyclic) bond motifs is 1. The zero-order chi connectivity index (χ0) is 14.9. The highest BCUT2D eigenvalue weighted by Gasteiger charge is 2.03. The van der Waals surface area contributed by atoms with Gasteiger partial charge in [-0.05, 0) is 41.0 Å². The van der Waals surface area contributed by atoms with Crippen LogP contribution in [0.3, 0.4) is 0 Å². The fourth-order valence-corrected chi connectivity index (χ4v) is 2.61. The monoisotopic (exact) mass is 284 g/mol. The van der Waals surface area contributed by atoms with Gasteiger partial charge in [-0.25, -0.2) is 0 Å². The van der Waals surface area contributed by atoms with E-state index in [4.69, 9.17) is 0 Å². The molecule has 0 saturated carbocycles. The molecule has 3 nitrogen and oxygen atoms in total. The van der Waals surface area contributed by atoms with E-state index in [9.17, 15) is 0 Å². The summed E-state index contributed by atoms with van der Waals surface area (Å²) in [4.78, 5) is 4.33. The zero-order valence-electron chi connectivity index (χ0n) is 12.2. The third-order valence-electron chi connectivity index (χ3n) is 3.78. The van der Waals surface area contributed by atoms with Crippen LogP contribution in [0.5, 0.6) is 0 Å². The molecular weight excluding hydrogens is 270 g/mol. The molecule has 0 aliphatic rings. The first-order valence-corrected chi connectivity index (χ1v) is 7.15. The lowest BCUT2D eigenvalue weighted by molar-refractivity contribution is 0.768. The lowest BCUT2D eigenvalue weighted by atomic mass is 10.0. The summed E-state index contributed by atoms with van der Waals surface area (Å²) in [5, 5.41) is 5.25. The third-order valence-corrected chi connectivity index (χ3v) is 3.78. The normalized spacial score (nSPS) is 11.0. The lowest BCUT2D eigenvalue weighted by Crippen LogP contribution is -1.84. The summed E-state index contributed by atoms with van der Waals surface area (Å²) < 4.78 is 1.81. The maximum Gasteiger partial charge on any atom is 0.0708 e. The fourth-order valence-electron chi connectivity index (χ4n) is 2.61. The Morgan fingerprint density at radius 2 is 1.64 bits per heavy atom. The van der Waals surface area contributed by atoms with Gasteiger partial charge >= 0.3 is 0 Å². The van der Waals surface area contributed by atoms with Gasteiger partial charge in [0, 0.05) is 30.4 Å². The first kappa shape index (κ1) is 12.8. The minimum Gasteiger partial charge on any atom is -0.275 e. The van der Waals surface area contributed by atoms with E-state index in [1.807, 2.05) is 36.3 Å². The molecule has 0 unspecified atom stereocenters. The first-order valence-electron chi connectivity index (χ1n) is 7.15. The molecule has 2 aromatic carbocycles. The van der Waals surface area contributed by atoms with Crippen molar-refractivity contribution in [1.29, 1.82) is 0 Å². The van der Waals surface area contributed by atoms with Gasteiger partial charge in [-0.1, -0.05) is 30.3 Å². The van der Waals surface area contributed by atoms with Crippen molar-refractivity contribution in [3.05, 3.63) is 73.2 Å². The van der Waals surface area contributed by atoms with Crippen LogP contribution in [-0.2, 0) is 7.05 Å². The highest BCUT2D eigenvalue weighted by atomic mass is 15.2. The average Bonchev–Trinajstić information content (AvgIpc) is 3.01. The molecule has 22 heavy (non-hydrogen) atoms. The minimum atomic E-state index is 0.971. The summed E-state index contributed by atoms with van der Waals surface area (Å²) >= 11 is 0. The van der Waals surface area contributed by atoms with Gasteiger partial charge in [0.1, 0.15) is 0 Å². The Hall–Kier alpha value is -2.94. The van der Waals surface area contributed by atoms with Crippen LogP contribution < -0.4 is 0 Å². The fraction of sp³-hybridized carbons (Fsp3) is 0.0526. The van der Waals surface area contributed by atoms with Crippen molar-refractivity contribution in [2.24, 2.45) is 7.05 Å². The summed E-state index contributed by atoms with van der Waals surface area (Å²) in [5.41, 5.74) is 5.63. The molecule has 0 aliphatic heterocycles. The average molecular weight is 284 g/mol. The molecule has 0 spiro atoms.